The van der Waals surface area contributed by atoms with E-state index in [-0.39, 0.29) is 17.7 Å². The second-order valence-electron chi connectivity index (χ2n) is 10.4. The summed E-state index contributed by atoms with van der Waals surface area (Å²) in [6, 6.07) is 18.2. The van der Waals surface area contributed by atoms with E-state index in [1.54, 1.807) is 12.1 Å². The van der Waals surface area contributed by atoms with Gasteiger partial charge in [0.1, 0.15) is 0 Å². The maximum Gasteiger partial charge on any atom is 0.323 e. The molecule has 5 rings (SSSR count). The number of anilines is 3. The van der Waals surface area contributed by atoms with E-state index in [9.17, 15) is 18.4 Å². The zero-order chi connectivity index (χ0) is 27.9. The molecule has 0 unspecified atom stereocenters. The first-order chi connectivity index (χ1) is 19.4. The van der Waals surface area contributed by atoms with Crippen molar-refractivity contribution in [2.45, 2.75) is 38.2 Å². The predicted molar refractivity (Wildman–Crippen MR) is 152 cm³/mol. The van der Waals surface area contributed by atoms with E-state index in [2.05, 4.69) is 45.1 Å². The molecule has 3 amide bonds. The summed E-state index contributed by atoms with van der Waals surface area (Å²) in [6.07, 6.45) is 4.97. The Labute approximate surface area is 232 Å². The van der Waals surface area contributed by atoms with E-state index in [0.29, 0.717) is 30.3 Å². The van der Waals surface area contributed by atoms with Crippen LogP contribution >= 0.6 is 0 Å². The highest BCUT2D eigenvalue weighted by atomic mass is 19.2. The van der Waals surface area contributed by atoms with Crippen LogP contribution in [0, 0.1) is 17.6 Å². The van der Waals surface area contributed by atoms with Crippen LogP contribution in [-0.2, 0) is 11.2 Å². The molecule has 0 radical (unpaired) electrons. The van der Waals surface area contributed by atoms with E-state index < -0.39 is 17.7 Å². The van der Waals surface area contributed by atoms with Crippen LogP contribution in [0.1, 0.15) is 41.6 Å². The van der Waals surface area contributed by atoms with Crippen molar-refractivity contribution in [1.29, 1.82) is 0 Å². The van der Waals surface area contributed by atoms with Crippen molar-refractivity contribution in [1.82, 2.24) is 5.32 Å². The van der Waals surface area contributed by atoms with Crippen molar-refractivity contribution in [3.05, 3.63) is 89.5 Å². The van der Waals surface area contributed by atoms with Gasteiger partial charge in [-0.25, -0.2) is 13.6 Å². The van der Waals surface area contributed by atoms with Gasteiger partial charge in [0.2, 0.25) is 0 Å². The van der Waals surface area contributed by atoms with Gasteiger partial charge in [-0.15, -0.1) is 0 Å². The fourth-order valence-electron chi connectivity index (χ4n) is 5.37. The lowest BCUT2D eigenvalue weighted by Crippen LogP contribution is -2.37. The molecule has 1 atom stereocenters. The van der Waals surface area contributed by atoms with Crippen molar-refractivity contribution in [3.63, 3.8) is 0 Å². The summed E-state index contributed by atoms with van der Waals surface area (Å²) in [6.45, 7) is 2.78. The first-order valence-corrected chi connectivity index (χ1v) is 13.8. The minimum atomic E-state index is -1.06. The highest BCUT2D eigenvalue weighted by Gasteiger charge is 2.25. The Morgan fingerprint density at radius 1 is 0.875 bits per heavy atom. The Morgan fingerprint density at radius 3 is 2.30 bits per heavy atom. The van der Waals surface area contributed by atoms with Crippen LogP contribution in [0.4, 0.5) is 30.6 Å². The summed E-state index contributed by atoms with van der Waals surface area (Å²) < 4.78 is 32.4. The number of urea groups is 1. The molecular weight excluding hydrogens is 514 g/mol. The average Bonchev–Trinajstić information content (AvgIpc) is 3.49. The fraction of sp³-hybridized carbons (Fsp3) is 0.355. The van der Waals surface area contributed by atoms with E-state index in [1.807, 2.05) is 12.1 Å². The Balaban J connectivity index is 1.28. The maximum atomic E-state index is 13.5. The molecule has 210 valence electrons. The predicted octanol–water partition coefficient (Wildman–Crippen LogP) is 5.98. The molecule has 7 nitrogen and oxygen atoms in total. The lowest BCUT2D eigenvalue weighted by atomic mass is 9.89. The van der Waals surface area contributed by atoms with Crippen LogP contribution in [0.3, 0.4) is 0 Å². The Morgan fingerprint density at radius 2 is 1.60 bits per heavy atom. The summed E-state index contributed by atoms with van der Waals surface area (Å²) in [5, 5.41) is 8.18. The maximum absolute atomic E-state index is 13.5. The minimum Gasteiger partial charge on any atom is -0.376 e. The molecule has 2 saturated heterocycles. The number of nitrogens with zero attached hydrogens (tertiary/aromatic N) is 1. The summed E-state index contributed by atoms with van der Waals surface area (Å²) in [5.41, 5.74) is 3.14. The number of hydrogen-bond donors (Lipinski definition) is 3. The van der Waals surface area contributed by atoms with Crippen LogP contribution in [0.25, 0.3) is 0 Å². The number of amides is 3. The molecule has 0 aromatic heterocycles. The summed E-state index contributed by atoms with van der Waals surface area (Å²) in [7, 11) is 0. The van der Waals surface area contributed by atoms with E-state index >= 15 is 0 Å². The first kappa shape index (κ1) is 27.6. The highest BCUT2D eigenvalue weighted by molar-refractivity contribution is 6.04. The van der Waals surface area contributed by atoms with Crippen molar-refractivity contribution >= 4 is 29.0 Å². The molecule has 0 aliphatic carbocycles. The summed E-state index contributed by atoms with van der Waals surface area (Å²) in [4.78, 5) is 28.2. The monoisotopic (exact) mass is 548 g/mol. The van der Waals surface area contributed by atoms with Gasteiger partial charge in [-0.3, -0.25) is 4.79 Å². The number of hydrogen-bond acceptors (Lipinski definition) is 4. The molecule has 2 fully saturated rings. The minimum absolute atomic E-state index is 0.00400. The number of carbonyl (C=O) groups is 2. The van der Waals surface area contributed by atoms with Crippen molar-refractivity contribution in [3.8, 4) is 0 Å². The van der Waals surface area contributed by atoms with Gasteiger partial charge in [-0.2, -0.15) is 0 Å². The zero-order valence-corrected chi connectivity index (χ0v) is 22.3. The second kappa shape index (κ2) is 12.9. The van der Waals surface area contributed by atoms with Crippen LogP contribution < -0.4 is 20.9 Å². The lowest BCUT2D eigenvalue weighted by molar-refractivity contribution is 0.0858. The lowest BCUT2D eigenvalue weighted by Gasteiger charge is -2.35. The van der Waals surface area contributed by atoms with Gasteiger partial charge in [0, 0.05) is 49.4 Å². The van der Waals surface area contributed by atoms with Gasteiger partial charge in [0.05, 0.1) is 11.7 Å². The first-order valence-electron chi connectivity index (χ1n) is 13.8. The molecule has 3 aromatic rings. The van der Waals surface area contributed by atoms with Crippen molar-refractivity contribution in [2.75, 3.05) is 41.8 Å². The molecule has 40 heavy (non-hydrogen) atoms. The molecule has 9 heteroatoms. The molecule has 0 bridgehead atoms. The highest BCUT2D eigenvalue weighted by Crippen LogP contribution is 2.30. The van der Waals surface area contributed by atoms with Crippen molar-refractivity contribution in [2.24, 2.45) is 5.92 Å². The van der Waals surface area contributed by atoms with Crippen LogP contribution in [0.5, 0.6) is 0 Å². The summed E-state index contributed by atoms with van der Waals surface area (Å²) >= 11 is 0. The number of halogens is 2. The van der Waals surface area contributed by atoms with Gasteiger partial charge >= 0.3 is 6.03 Å². The van der Waals surface area contributed by atoms with E-state index in [4.69, 9.17) is 4.74 Å². The number of rotatable bonds is 8. The number of nitrogens with one attached hydrogen (secondary N) is 3. The third-order valence-corrected chi connectivity index (χ3v) is 7.51. The molecule has 3 aromatic carbocycles. The molecule has 0 saturated carbocycles. The van der Waals surface area contributed by atoms with Crippen LogP contribution in [0.2, 0.25) is 0 Å². The van der Waals surface area contributed by atoms with E-state index in [0.717, 1.165) is 63.0 Å². The van der Waals surface area contributed by atoms with Crippen LogP contribution in [-0.4, -0.2) is 44.3 Å². The Kier molecular flexibility index (Phi) is 8.91. The largest absolute Gasteiger partial charge is 0.376 e. The summed E-state index contributed by atoms with van der Waals surface area (Å²) in [5.74, 6) is -1.71. The second-order valence-corrected chi connectivity index (χ2v) is 10.4. The van der Waals surface area contributed by atoms with Gasteiger partial charge in [-0.1, -0.05) is 30.3 Å². The zero-order valence-electron chi connectivity index (χ0n) is 22.3. The SMILES string of the molecule is O=C(Nc1ccc(F)c(F)c1)Nc1ccc(N2CCC(Cc3ccccc3)CC2)c(C(=O)NC[C@H]2CCCO2)c1. The Bertz CT molecular complexity index is 1320. The Hall–Kier alpha value is -3.98. The molecule has 2 heterocycles. The number of piperidine rings is 1. The van der Waals surface area contributed by atoms with Gasteiger partial charge in [-0.05, 0) is 73.9 Å². The molecule has 2 aliphatic rings. The van der Waals surface area contributed by atoms with Gasteiger partial charge < -0.3 is 25.6 Å². The quantitative estimate of drug-likeness (QED) is 0.324. The van der Waals surface area contributed by atoms with Gasteiger partial charge in [0.15, 0.2) is 11.6 Å². The topological polar surface area (TPSA) is 82.7 Å². The molecule has 3 N–H and O–H groups in total. The third-order valence-electron chi connectivity index (χ3n) is 7.51. The smallest absolute Gasteiger partial charge is 0.323 e. The normalized spacial score (nSPS) is 17.4. The fourth-order valence-corrected chi connectivity index (χ4v) is 5.37. The van der Waals surface area contributed by atoms with E-state index in [1.165, 1.54) is 11.6 Å². The molecular formula is C31H34F2N4O3. The standard InChI is InChI=1S/C31H34F2N4O3/c32-27-10-8-24(19-28(27)33)36-31(39)35-23-9-11-29(26(18-23)30(38)34-20-25-7-4-16-40-25)37-14-12-22(13-15-37)17-21-5-2-1-3-6-21/h1-3,5-6,8-11,18-19,22,25H,4,7,12-17,20H2,(H,34,38)(H2,35,36,39)/t25-/m1/s1. The van der Waals surface area contributed by atoms with Crippen molar-refractivity contribution < 1.29 is 23.1 Å². The number of carbonyl (C=O) groups excluding carboxylic acids is 2. The average molecular weight is 549 g/mol. The molecule has 2 aliphatic heterocycles. The molecule has 0 spiro atoms. The number of ether oxygens (including phenoxy) is 1. The number of benzene rings is 3. The van der Waals surface area contributed by atoms with Crippen LogP contribution in [0.15, 0.2) is 66.7 Å². The van der Waals surface area contributed by atoms with Gasteiger partial charge in [0.25, 0.3) is 5.91 Å². The third kappa shape index (κ3) is 7.15.